The molecule has 0 radical (unpaired) electrons. The van der Waals surface area contributed by atoms with Crippen molar-refractivity contribution in [3.8, 4) is 11.5 Å². The van der Waals surface area contributed by atoms with Gasteiger partial charge in [0.2, 0.25) is 0 Å². The minimum atomic E-state index is -0.687. The number of methoxy groups -OCH3 is 1. The maximum Gasteiger partial charge on any atom is 0.343 e. The van der Waals surface area contributed by atoms with Crippen molar-refractivity contribution >= 4 is 51.9 Å². The first kappa shape index (κ1) is 24.1. The molecule has 0 saturated carbocycles. The predicted molar refractivity (Wildman–Crippen MR) is 136 cm³/mol. The molecule has 1 aliphatic heterocycles. The number of ether oxygens (including phenoxy) is 2. The maximum atomic E-state index is 12.9. The Morgan fingerprint density at radius 3 is 2.46 bits per heavy atom. The highest BCUT2D eigenvalue weighted by molar-refractivity contribution is 8.26. The van der Waals surface area contributed by atoms with Crippen LogP contribution in [0.2, 0.25) is 0 Å². The maximum absolute atomic E-state index is 12.9. The highest BCUT2D eigenvalue weighted by Crippen LogP contribution is 2.35. The molecule has 1 amide bonds. The Labute approximate surface area is 210 Å². The summed E-state index contributed by atoms with van der Waals surface area (Å²) in [4.78, 5) is 37.7. The first-order valence-corrected chi connectivity index (χ1v) is 11.5. The summed E-state index contributed by atoms with van der Waals surface area (Å²) in [6.45, 7) is 0.393. The van der Waals surface area contributed by atoms with E-state index in [1.807, 2.05) is 30.3 Å². The van der Waals surface area contributed by atoms with Gasteiger partial charge in [-0.05, 0) is 41.5 Å². The minimum Gasteiger partial charge on any atom is -0.493 e. The molecular formula is C25H18N2O6S2. The summed E-state index contributed by atoms with van der Waals surface area (Å²) in [7, 11) is 1.43. The van der Waals surface area contributed by atoms with Gasteiger partial charge < -0.3 is 9.47 Å². The van der Waals surface area contributed by atoms with Crippen LogP contribution in [-0.4, -0.2) is 33.1 Å². The molecular weight excluding hydrogens is 488 g/mol. The quantitative estimate of drug-likeness (QED) is 0.107. The number of esters is 1. The van der Waals surface area contributed by atoms with Crippen LogP contribution >= 0.6 is 24.0 Å². The number of amides is 1. The van der Waals surface area contributed by atoms with E-state index in [0.29, 0.717) is 21.3 Å². The molecule has 0 unspecified atom stereocenters. The fraction of sp³-hybridized carbons (Fsp3) is 0.0800. The van der Waals surface area contributed by atoms with Gasteiger partial charge in [0.1, 0.15) is 4.32 Å². The van der Waals surface area contributed by atoms with Crippen LogP contribution in [0, 0.1) is 10.1 Å². The summed E-state index contributed by atoms with van der Waals surface area (Å²) in [5, 5.41) is 10.8. The molecule has 1 heterocycles. The number of benzene rings is 3. The summed E-state index contributed by atoms with van der Waals surface area (Å²) in [6, 6.07) is 19.6. The zero-order valence-electron chi connectivity index (χ0n) is 18.4. The number of hydrogen-bond acceptors (Lipinski definition) is 8. The molecule has 1 saturated heterocycles. The van der Waals surface area contributed by atoms with Crippen LogP contribution in [0.1, 0.15) is 21.5 Å². The average molecular weight is 507 g/mol. The first-order chi connectivity index (χ1) is 16.9. The van der Waals surface area contributed by atoms with Crippen molar-refractivity contribution in [2.75, 3.05) is 7.11 Å². The number of nitrogens with zero attached hydrogens (tertiary/aromatic N) is 2. The molecule has 0 spiro atoms. The van der Waals surface area contributed by atoms with Crippen molar-refractivity contribution < 1.29 is 24.0 Å². The van der Waals surface area contributed by atoms with Gasteiger partial charge in [0.25, 0.3) is 11.6 Å². The number of thiocarbonyl (C=S) groups is 1. The predicted octanol–water partition coefficient (Wildman–Crippen LogP) is 5.22. The Hall–Kier alpha value is -4.02. The molecule has 3 aromatic carbocycles. The van der Waals surface area contributed by atoms with E-state index in [9.17, 15) is 19.7 Å². The lowest BCUT2D eigenvalue weighted by molar-refractivity contribution is -0.384. The van der Waals surface area contributed by atoms with Gasteiger partial charge in [0.15, 0.2) is 11.5 Å². The van der Waals surface area contributed by atoms with Crippen LogP contribution in [0.15, 0.2) is 77.7 Å². The second-order valence-corrected chi connectivity index (χ2v) is 9.03. The summed E-state index contributed by atoms with van der Waals surface area (Å²) >= 11 is 6.62. The van der Waals surface area contributed by atoms with Gasteiger partial charge in [-0.2, -0.15) is 0 Å². The van der Waals surface area contributed by atoms with Crippen molar-refractivity contribution in [1.29, 1.82) is 0 Å². The Kier molecular flexibility index (Phi) is 7.23. The highest BCUT2D eigenvalue weighted by Gasteiger charge is 2.32. The molecule has 1 aliphatic rings. The molecule has 0 aliphatic carbocycles. The van der Waals surface area contributed by atoms with Gasteiger partial charge in [0, 0.05) is 12.1 Å². The fourth-order valence-electron chi connectivity index (χ4n) is 3.29. The van der Waals surface area contributed by atoms with E-state index in [0.717, 1.165) is 5.56 Å². The molecule has 8 nitrogen and oxygen atoms in total. The minimum absolute atomic E-state index is 0.127. The third-order valence-electron chi connectivity index (χ3n) is 5.06. The largest absolute Gasteiger partial charge is 0.493 e. The Balaban J connectivity index is 1.50. The molecule has 1 fully saturated rings. The number of hydrogen-bond donors (Lipinski definition) is 0. The van der Waals surface area contributed by atoms with E-state index in [1.165, 1.54) is 43.1 Å². The fourth-order valence-corrected chi connectivity index (χ4v) is 4.55. The second kappa shape index (κ2) is 10.5. The van der Waals surface area contributed by atoms with E-state index < -0.39 is 10.9 Å². The monoisotopic (exact) mass is 506 g/mol. The number of non-ortho nitro benzene ring substituents is 1. The lowest BCUT2D eigenvalue weighted by atomic mass is 10.1. The van der Waals surface area contributed by atoms with Gasteiger partial charge in [-0.15, -0.1) is 0 Å². The van der Waals surface area contributed by atoms with Crippen molar-refractivity contribution in [3.63, 3.8) is 0 Å². The third kappa shape index (κ3) is 5.56. The van der Waals surface area contributed by atoms with Gasteiger partial charge in [-0.3, -0.25) is 19.8 Å². The van der Waals surface area contributed by atoms with Crippen LogP contribution < -0.4 is 9.47 Å². The number of rotatable bonds is 7. The van der Waals surface area contributed by atoms with Crippen LogP contribution in [0.25, 0.3) is 6.08 Å². The lowest BCUT2D eigenvalue weighted by Crippen LogP contribution is -2.27. The standard InChI is InChI=1S/C25H18N2O6S2/c1-32-21-13-17(7-12-20(21)33-24(29)18-8-10-19(11-9-18)27(30)31)14-22-23(28)26(25(34)35-22)15-16-5-3-2-4-6-16/h2-14H,15H2,1H3. The molecule has 176 valence electrons. The molecule has 0 aromatic heterocycles. The molecule has 0 N–H and O–H groups in total. The van der Waals surface area contributed by atoms with Crippen LogP contribution in [0.5, 0.6) is 11.5 Å². The molecule has 3 aromatic rings. The molecule has 4 rings (SSSR count). The van der Waals surface area contributed by atoms with E-state index in [2.05, 4.69) is 0 Å². The number of nitro groups is 1. The highest BCUT2D eigenvalue weighted by atomic mass is 32.2. The van der Waals surface area contributed by atoms with E-state index in [1.54, 1.807) is 29.2 Å². The topological polar surface area (TPSA) is 99.0 Å². The van der Waals surface area contributed by atoms with Crippen molar-refractivity contribution in [1.82, 2.24) is 4.90 Å². The Morgan fingerprint density at radius 1 is 1.09 bits per heavy atom. The smallest absolute Gasteiger partial charge is 0.343 e. The number of nitro benzene ring substituents is 1. The Morgan fingerprint density at radius 2 is 1.80 bits per heavy atom. The van der Waals surface area contributed by atoms with E-state index >= 15 is 0 Å². The molecule has 0 bridgehead atoms. The normalized spacial score (nSPS) is 14.3. The van der Waals surface area contributed by atoms with Gasteiger partial charge in [-0.1, -0.05) is 60.4 Å². The lowest BCUT2D eigenvalue weighted by Gasteiger charge is -2.14. The van der Waals surface area contributed by atoms with Crippen molar-refractivity contribution in [2.24, 2.45) is 0 Å². The number of carbonyl (C=O) groups is 2. The summed E-state index contributed by atoms with van der Waals surface area (Å²) in [6.07, 6.45) is 1.70. The zero-order valence-corrected chi connectivity index (χ0v) is 20.0. The van der Waals surface area contributed by atoms with E-state index in [-0.39, 0.29) is 28.7 Å². The van der Waals surface area contributed by atoms with Crippen molar-refractivity contribution in [2.45, 2.75) is 6.54 Å². The SMILES string of the molecule is COc1cc(C=C2SC(=S)N(Cc3ccccc3)C2=O)ccc1OC(=O)c1ccc([N+](=O)[O-])cc1. The molecule has 10 heteroatoms. The summed E-state index contributed by atoms with van der Waals surface area (Å²) in [5.41, 5.74) is 1.67. The number of thioether (sulfide) groups is 1. The Bertz CT molecular complexity index is 1340. The molecule has 0 atom stereocenters. The van der Waals surface area contributed by atoms with Crippen LogP contribution in [-0.2, 0) is 11.3 Å². The van der Waals surface area contributed by atoms with Gasteiger partial charge >= 0.3 is 5.97 Å². The van der Waals surface area contributed by atoms with Crippen molar-refractivity contribution in [3.05, 3.63) is 105 Å². The summed E-state index contributed by atoms with van der Waals surface area (Å²) < 4.78 is 11.3. The second-order valence-electron chi connectivity index (χ2n) is 7.36. The average Bonchev–Trinajstić information content (AvgIpc) is 3.12. The van der Waals surface area contributed by atoms with Crippen LogP contribution in [0.4, 0.5) is 5.69 Å². The summed E-state index contributed by atoms with van der Waals surface area (Å²) in [5.74, 6) is -0.414. The zero-order chi connectivity index (χ0) is 24.9. The first-order valence-electron chi connectivity index (χ1n) is 10.3. The van der Waals surface area contributed by atoms with E-state index in [4.69, 9.17) is 21.7 Å². The van der Waals surface area contributed by atoms with Crippen LogP contribution in [0.3, 0.4) is 0 Å². The third-order valence-corrected chi connectivity index (χ3v) is 6.44. The van der Waals surface area contributed by atoms with Gasteiger partial charge in [-0.25, -0.2) is 4.79 Å². The number of carbonyl (C=O) groups excluding carboxylic acids is 2. The molecule has 35 heavy (non-hydrogen) atoms. The van der Waals surface area contributed by atoms with Gasteiger partial charge in [0.05, 0.1) is 29.0 Å².